The van der Waals surface area contributed by atoms with Gasteiger partial charge in [0.25, 0.3) is 5.91 Å². The third-order valence-electron chi connectivity index (χ3n) is 2.73. The molecule has 2 rings (SSSR count). The van der Waals surface area contributed by atoms with Gasteiger partial charge in [0.1, 0.15) is 5.69 Å². The number of hydrogen-bond donors (Lipinski definition) is 2. The van der Waals surface area contributed by atoms with Crippen LogP contribution in [0.25, 0.3) is 11.3 Å². The Kier molecular flexibility index (Phi) is 4.34. The molecule has 0 atom stereocenters. The Labute approximate surface area is 119 Å². The number of aromatic amines is 1. The molecule has 0 radical (unpaired) electrons. The largest absolute Gasteiger partial charge is 0.395 e. The van der Waals surface area contributed by atoms with Crippen LogP contribution in [0, 0.1) is 0 Å². The summed E-state index contributed by atoms with van der Waals surface area (Å²) < 4.78 is 0.991. The highest BCUT2D eigenvalue weighted by Gasteiger charge is 2.14. The minimum absolute atomic E-state index is 0.0596. The van der Waals surface area contributed by atoms with E-state index in [0.29, 0.717) is 17.9 Å². The first kappa shape index (κ1) is 13.8. The van der Waals surface area contributed by atoms with Gasteiger partial charge in [0.05, 0.1) is 12.3 Å². The molecule has 6 heteroatoms. The van der Waals surface area contributed by atoms with Gasteiger partial charge in [0.15, 0.2) is 0 Å². The summed E-state index contributed by atoms with van der Waals surface area (Å²) in [5.41, 5.74) is 2.06. The fraction of sp³-hybridized carbons (Fsp3) is 0.231. The molecule has 0 aliphatic heterocycles. The third kappa shape index (κ3) is 3.21. The SMILES string of the molecule is CN(CCO)C(=O)c1cc(-c2ccc(Br)cc2)n[nH]1. The molecule has 0 aliphatic rings. The molecule has 100 valence electrons. The van der Waals surface area contributed by atoms with Gasteiger partial charge in [0, 0.05) is 23.6 Å². The average molecular weight is 324 g/mol. The molecule has 5 nitrogen and oxygen atoms in total. The van der Waals surface area contributed by atoms with E-state index in [0.717, 1.165) is 10.0 Å². The predicted octanol–water partition coefficient (Wildman–Crippen LogP) is 1.90. The second-order valence-corrected chi connectivity index (χ2v) is 5.04. The van der Waals surface area contributed by atoms with Gasteiger partial charge >= 0.3 is 0 Å². The molecule has 0 unspecified atom stereocenters. The monoisotopic (exact) mass is 323 g/mol. The first-order chi connectivity index (χ1) is 9.11. The van der Waals surface area contributed by atoms with Crippen LogP contribution in [0.15, 0.2) is 34.8 Å². The third-order valence-corrected chi connectivity index (χ3v) is 3.26. The molecule has 1 heterocycles. The van der Waals surface area contributed by atoms with Crippen molar-refractivity contribution < 1.29 is 9.90 Å². The van der Waals surface area contributed by atoms with E-state index in [1.807, 2.05) is 24.3 Å². The number of amides is 1. The summed E-state index contributed by atoms with van der Waals surface area (Å²) in [5.74, 6) is -0.190. The maximum atomic E-state index is 12.0. The molecule has 0 bridgehead atoms. The smallest absolute Gasteiger partial charge is 0.271 e. The Morgan fingerprint density at radius 3 is 2.74 bits per heavy atom. The fourth-order valence-electron chi connectivity index (χ4n) is 1.66. The molecule has 0 aliphatic carbocycles. The van der Waals surface area contributed by atoms with Gasteiger partial charge in [-0.3, -0.25) is 9.89 Å². The van der Waals surface area contributed by atoms with Crippen molar-refractivity contribution in [1.29, 1.82) is 0 Å². The summed E-state index contributed by atoms with van der Waals surface area (Å²) in [6.45, 7) is 0.238. The van der Waals surface area contributed by atoms with E-state index in [4.69, 9.17) is 5.11 Å². The number of nitrogens with zero attached hydrogens (tertiary/aromatic N) is 2. The van der Waals surface area contributed by atoms with Crippen LogP contribution >= 0.6 is 15.9 Å². The fourth-order valence-corrected chi connectivity index (χ4v) is 1.92. The molecule has 2 N–H and O–H groups in total. The topological polar surface area (TPSA) is 69.2 Å². The van der Waals surface area contributed by atoms with Gasteiger partial charge in [-0.15, -0.1) is 0 Å². The number of aromatic nitrogens is 2. The van der Waals surface area contributed by atoms with Crippen molar-refractivity contribution in [1.82, 2.24) is 15.1 Å². The van der Waals surface area contributed by atoms with Crippen LogP contribution in [0.5, 0.6) is 0 Å². The molecule has 0 fully saturated rings. The van der Waals surface area contributed by atoms with Crippen molar-refractivity contribution in [2.75, 3.05) is 20.2 Å². The lowest BCUT2D eigenvalue weighted by Crippen LogP contribution is -2.29. The molecule has 19 heavy (non-hydrogen) atoms. The maximum Gasteiger partial charge on any atom is 0.271 e. The lowest BCUT2D eigenvalue weighted by Gasteiger charge is -2.13. The average Bonchev–Trinajstić information content (AvgIpc) is 2.88. The molecule has 1 amide bonds. The highest BCUT2D eigenvalue weighted by atomic mass is 79.9. The Balaban J connectivity index is 2.19. The van der Waals surface area contributed by atoms with Gasteiger partial charge < -0.3 is 10.0 Å². The summed E-state index contributed by atoms with van der Waals surface area (Å²) in [6, 6.07) is 9.39. The van der Waals surface area contributed by atoms with E-state index < -0.39 is 0 Å². The number of carbonyl (C=O) groups excluding carboxylic acids is 1. The quantitative estimate of drug-likeness (QED) is 0.903. The summed E-state index contributed by atoms with van der Waals surface area (Å²) in [5, 5.41) is 15.7. The molecular weight excluding hydrogens is 310 g/mol. The van der Waals surface area contributed by atoms with Crippen molar-refractivity contribution in [3.63, 3.8) is 0 Å². The minimum Gasteiger partial charge on any atom is -0.395 e. The predicted molar refractivity (Wildman–Crippen MR) is 75.8 cm³/mol. The first-order valence-corrected chi connectivity index (χ1v) is 6.59. The molecular formula is C13H14BrN3O2. The Morgan fingerprint density at radius 2 is 2.11 bits per heavy atom. The zero-order valence-corrected chi connectivity index (χ0v) is 12.0. The molecule has 0 saturated heterocycles. The number of H-pyrrole nitrogens is 1. The number of halogens is 1. The van der Waals surface area contributed by atoms with E-state index in [1.54, 1.807) is 13.1 Å². The van der Waals surface area contributed by atoms with Crippen LogP contribution in [-0.2, 0) is 0 Å². The first-order valence-electron chi connectivity index (χ1n) is 5.79. The lowest BCUT2D eigenvalue weighted by atomic mass is 10.1. The van der Waals surface area contributed by atoms with Gasteiger partial charge in [-0.2, -0.15) is 5.10 Å². The van der Waals surface area contributed by atoms with E-state index in [-0.39, 0.29) is 12.5 Å². The number of carbonyl (C=O) groups is 1. The van der Waals surface area contributed by atoms with Crippen molar-refractivity contribution in [3.05, 3.63) is 40.5 Å². The van der Waals surface area contributed by atoms with E-state index >= 15 is 0 Å². The van der Waals surface area contributed by atoms with Crippen LogP contribution in [0.2, 0.25) is 0 Å². The number of nitrogens with one attached hydrogen (secondary N) is 1. The minimum atomic E-state index is -0.190. The lowest BCUT2D eigenvalue weighted by molar-refractivity contribution is 0.0761. The van der Waals surface area contributed by atoms with Crippen molar-refractivity contribution in [2.45, 2.75) is 0 Å². The maximum absolute atomic E-state index is 12.0. The Hall–Kier alpha value is -1.66. The van der Waals surface area contributed by atoms with Crippen molar-refractivity contribution in [2.24, 2.45) is 0 Å². The van der Waals surface area contributed by atoms with Gasteiger partial charge in [-0.25, -0.2) is 0 Å². The van der Waals surface area contributed by atoms with Crippen molar-refractivity contribution >= 4 is 21.8 Å². The second kappa shape index (κ2) is 5.99. The van der Waals surface area contributed by atoms with Crippen LogP contribution in [-0.4, -0.2) is 46.3 Å². The Bertz CT molecular complexity index is 566. The number of aliphatic hydroxyl groups excluding tert-OH is 1. The molecule has 1 aromatic heterocycles. The standard InChI is InChI=1S/C13H14BrN3O2/c1-17(6-7-18)13(19)12-8-11(15-16-12)9-2-4-10(14)5-3-9/h2-5,8,18H,6-7H2,1H3,(H,15,16). The number of rotatable bonds is 4. The van der Waals surface area contributed by atoms with E-state index in [1.165, 1.54) is 4.90 Å². The molecule has 0 saturated carbocycles. The second-order valence-electron chi connectivity index (χ2n) is 4.12. The zero-order valence-electron chi connectivity index (χ0n) is 10.4. The molecule has 2 aromatic rings. The highest BCUT2D eigenvalue weighted by Crippen LogP contribution is 2.20. The summed E-state index contributed by atoms with van der Waals surface area (Å²) >= 11 is 3.37. The van der Waals surface area contributed by atoms with Gasteiger partial charge in [-0.05, 0) is 18.2 Å². The number of benzene rings is 1. The highest BCUT2D eigenvalue weighted by molar-refractivity contribution is 9.10. The number of hydrogen-bond acceptors (Lipinski definition) is 3. The molecule has 1 aromatic carbocycles. The summed E-state index contributed by atoms with van der Waals surface area (Å²) in [4.78, 5) is 13.4. The summed E-state index contributed by atoms with van der Waals surface area (Å²) in [7, 11) is 1.64. The van der Waals surface area contributed by atoms with Crippen LogP contribution in [0.1, 0.15) is 10.5 Å². The van der Waals surface area contributed by atoms with Crippen molar-refractivity contribution in [3.8, 4) is 11.3 Å². The van der Waals surface area contributed by atoms with Crippen LogP contribution in [0.4, 0.5) is 0 Å². The van der Waals surface area contributed by atoms with Crippen LogP contribution < -0.4 is 0 Å². The van der Waals surface area contributed by atoms with Crippen LogP contribution in [0.3, 0.4) is 0 Å². The number of likely N-dealkylation sites (N-methyl/N-ethyl adjacent to an activating group) is 1. The Morgan fingerprint density at radius 1 is 1.42 bits per heavy atom. The number of aliphatic hydroxyl groups is 1. The van der Waals surface area contributed by atoms with E-state index in [9.17, 15) is 4.79 Å². The zero-order chi connectivity index (χ0) is 13.8. The van der Waals surface area contributed by atoms with Gasteiger partial charge in [0.2, 0.25) is 0 Å². The van der Waals surface area contributed by atoms with Gasteiger partial charge in [-0.1, -0.05) is 28.1 Å². The molecule has 0 spiro atoms. The van der Waals surface area contributed by atoms with E-state index in [2.05, 4.69) is 26.1 Å². The normalized spacial score (nSPS) is 10.5. The summed E-state index contributed by atoms with van der Waals surface area (Å²) in [6.07, 6.45) is 0.